The first-order valence-electron chi connectivity index (χ1n) is 7.04. The van der Waals surface area contributed by atoms with Gasteiger partial charge in [0, 0.05) is 7.11 Å². The van der Waals surface area contributed by atoms with Crippen LogP contribution in [0.2, 0.25) is 0 Å². The van der Waals surface area contributed by atoms with Gasteiger partial charge >= 0.3 is 0 Å². The first-order valence-corrected chi connectivity index (χ1v) is 7.04. The smallest absolute Gasteiger partial charge is 0.208 e. The Hall–Kier alpha value is -0.760. The van der Waals surface area contributed by atoms with Crippen LogP contribution in [-0.2, 0) is 9.47 Å². The van der Waals surface area contributed by atoms with Crippen molar-refractivity contribution in [2.75, 3.05) is 7.11 Å². The second kappa shape index (κ2) is 3.86. The monoisotopic (exact) mass is 248 g/mol. The Morgan fingerprint density at radius 1 is 1.39 bits per heavy atom. The van der Waals surface area contributed by atoms with Gasteiger partial charge in [-0.15, -0.1) is 0 Å². The van der Waals surface area contributed by atoms with Crippen molar-refractivity contribution in [2.45, 2.75) is 46.3 Å². The van der Waals surface area contributed by atoms with Gasteiger partial charge in [-0.1, -0.05) is 25.5 Å². The molecule has 0 amide bonds. The first-order chi connectivity index (χ1) is 8.51. The number of ether oxygens (including phenoxy) is 2. The molecule has 0 N–H and O–H groups in total. The summed E-state index contributed by atoms with van der Waals surface area (Å²) in [5.74, 6) is 1.45. The molecule has 0 aromatic carbocycles. The number of rotatable bonds is 1. The minimum absolute atomic E-state index is 0.0538. The fourth-order valence-electron chi connectivity index (χ4n) is 4.64. The first kappa shape index (κ1) is 12.3. The van der Waals surface area contributed by atoms with Crippen LogP contribution < -0.4 is 0 Å². The highest BCUT2D eigenvalue weighted by Crippen LogP contribution is 2.65. The van der Waals surface area contributed by atoms with Crippen LogP contribution in [0.3, 0.4) is 0 Å². The molecule has 3 aliphatic rings. The van der Waals surface area contributed by atoms with Crippen molar-refractivity contribution in [1.29, 1.82) is 0 Å². The molecular formula is C16H24O2. The molecule has 4 unspecified atom stereocenters. The van der Waals surface area contributed by atoms with Crippen LogP contribution in [0.5, 0.6) is 0 Å². The van der Waals surface area contributed by atoms with Crippen molar-refractivity contribution in [3.63, 3.8) is 0 Å². The maximum absolute atomic E-state index is 5.68. The quantitative estimate of drug-likeness (QED) is 0.655. The molecule has 2 heteroatoms. The van der Waals surface area contributed by atoms with Gasteiger partial charge in [0.1, 0.15) is 0 Å². The van der Waals surface area contributed by atoms with E-state index in [0.717, 1.165) is 12.3 Å². The number of fused-ring (bicyclic) bond motifs is 1. The van der Waals surface area contributed by atoms with E-state index in [2.05, 4.69) is 32.9 Å². The molecule has 4 atom stereocenters. The fraction of sp³-hybridized carbons (Fsp3) is 0.750. The summed E-state index contributed by atoms with van der Waals surface area (Å²) >= 11 is 0. The Morgan fingerprint density at radius 2 is 2.17 bits per heavy atom. The molecule has 1 heterocycles. The lowest BCUT2D eigenvalue weighted by Gasteiger charge is -2.43. The van der Waals surface area contributed by atoms with Crippen molar-refractivity contribution in [2.24, 2.45) is 22.7 Å². The highest BCUT2D eigenvalue weighted by atomic mass is 16.7. The van der Waals surface area contributed by atoms with Crippen molar-refractivity contribution < 1.29 is 9.47 Å². The number of hydrogen-bond acceptors (Lipinski definition) is 2. The molecule has 100 valence electrons. The van der Waals surface area contributed by atoms with E-state index in [0.29, 0.717) is 5.92 Å². The van der Waals surface area contributed by atoms with E-state index in [4.69, 9.17) is 9.47 Å². The summed E-state index contributed by atoms with van der Waals surface area (Å²) in [5, 5.41) is 0. The Labute approximate surface area is 110 Å². The molecule has 1 saturated carbocycles. The minimum atomic E-state index is -0.105. The lowest BCUT2D eigenvalue weighted by molar-refractivity contribution is -0.158. The van der Waals surface area contributed by atoms with Crippen LogP contribution in [0, 0.1) is 22.7 Å². The zero-order chi connectivity index (χ0) is 13.0. The van der Waals surface area contributed by atoms with Gasteiger partial charge in [0.05, 0.1) is 11.7 Å². The SMILES string of the molecule is COC1OC=CC12CC1C=C(C)CCC1C2(C)C. The highest BCUT2D eigenvalue weighted by Gasteiger charge is 2.63. The number of methoxy groups -OCH3 is 1. The molecule has 0 saturated heterocycles. The summed E-state index contributed by atoms with van der Waals surface area (Å²) in [7, 11) is 1.76. The van der Waals surface area contributed by atoms with Gasteiger partial charge in [0.2, 0.25) is 6.29 Å². The molecule has 0 aromatic rings. The van der Waals surface area contributed by atoms with Gasteiger partial charge in [-0.2, -0.15) is 0 Å². The third-order valence-electron chi connectivity index (χ3n) is 5.77. The zero-order valence-corrected chi connectivity index (χ0v) is 11.9. The molecular weight excluding hydrogens is 224 g/mol. The number of allylic oxidation sites excluding steroid dienone is 2. The average molecular weight is 248 g/mol. The van der Waals surface area contributed by atoms with Gasteiger partial charge in [-0.25, -0.2) is 0 Å². The molecule has 0 radical (unpaired) electrons. The van der Waals surface area contributed by atoms with Crippen molar-refractivity contribution in [3.05, 3.63) is 24.0 Å². The summed E-state index contributed by atoms with van der Waals surface area (Å²) in [4.78, 5) is 0. The van der Waals surface area contributed by atoms with Gasteiger partial charge in [-0.3, -0.25) is 0 Å². The normalized spacial score (nSPS) is 44.9. The second-order valence-electron chi connectivity index (χ2n) is 6.79. The van der Waals surface area contributed by atoms with E-state index in [1.807, 2.05) is 6.26 Å². The van der Waals surface area contributed by atoms with E-state index >= 15 is 0 Å². The third-order valence-corrected chi connectivity index (χ3v) is 5.77. The van der Waals surface area contributed by atoms with Gasteiger partial charge in [-0.05, 0) is 49.5 Å². The van der Waals surface area contributed by atoms with Crippen LogP contribution in [0.15, 0.2) is 24.0 Å². The lowest BCUT2D eigenvalue weighted by atomic mass is 9.63. The van der Waals surface area contributed by atoms with Crippen molar-refractivity contribution in [3.8, 4) is 0 Å². The Kier molecular flexibility index (Phi) is 2.64. The minimum Gasteiger partial charge on any atom is -0.472 e. The molecule has 1 fully saturated rings. The van der Waals surface area contributed by atoms with Crippen LogP contribution >= 0.6 is 0 Å². The predicted octanol–water partition coefficient (Wildman–Crippen LogP) is 3.89. The van der Waals surface area contributed by atoms with Crippen LogP contribution in [0.4, 0.5) is 0 Å². The van der Waals surface area contributed by atoms with Crippen molar-refractivity contribution >= 4 is 0 Å². The molecule has 1 aliphatic heterocycles. The standard InChI is InChI=1S/C16H24O2/c1-11-5-6-13-12(9-11)10-16(15(13,2)3)7-8-18-14(16)17-4/h7-9,12-14H,5-6,10H2,1-4H3. The van der Waals surface area contributed by atoms with E-state index in [1.54, 1.807) is 12.7 Å². The van der Waals surface area contributed by atoms with Crippen LogP contribution in [-0.4, -0.2) is 13.4 Å². The molecule has 0 aromatic heterocycles. The molecule has 3 rings (SSSR count). The fourth-order valence-corrected chi connectivity index (χ4v) is 4.64. The molecule has 1 spiro atoms. The maximum Gasteiger partial charge on any atom is 0.208 e. The van der Waals surface area contributed by atoms with E-state index in [1.165, 1.54) is 12.8 Å². The zero-order valence-electron chi connectivity index (χ0n) is 11.9. The summed E-state index contributed by atoms with van der Waals surface area (Å²) in [6.45, 7) is 7.07. The third kappa shape index (κ3) is 1.38. The van der Waals surface area contributed by atoms with Crippen molar-refractivity contribution in [1.82, 2.24) is 0 Å². The molecule has 2 aliphatic carbocycles. The largest absolute Gasteiger partial charge is 0.472 e. The summed E-state index contributed by atoms with van der Waals surface area (Å²) in [5.41, 5.74) is 1.85. The van der Waals surface area contributed by atoms with Gasteiger partial charge in [0.15, 0.2) is 0 Å². The number of hydrogen-bond donors (Lipinski definition) is 0. The summed E-state index contributed by atoms with van der Waals surface area (Å²) in [6.07, 6.45) is 10.2. The summed E-state index contributed by atoms with van der Waals surface area (Å²) in [6, 6.07) is 0. The predicted molar refractivity (Wildman–Crippen MR) is 71.8 cm³/mol. The summed E-state index contributed by atoms with van der Waals surface area (Å²) < 4.78 is 11.3. The highest BCUT2D eigenvalue weighted by molar-refractivity contribution is 5.24. The second-order valence-corrected chi connectivity index (χ2v) is 6.79. The Bertz CT molecular complexity index is 407. The van der Waals surface area contributed by atoms with E-state index < -0.39 is 0 Å². The van der Waals surface area contributed by atoms with Gasteiger partial charge in [0.25, 0.3) is 0 Å². The Balaban J connectivity index is 2.01. The van der Waals surface area contributed by atoms with Crippen LogP contribution in [0.25, 0.3) is 0 Å². The van der Waals surface area contributed by atoms with Crippen LogP contribution in [0.1, 0.15) is 40.0 Å². The molecule has 2 nitrogen and oxygen atoms in total. The molecule has 0 bridgehead atoms. The lowest BCUT2D eigenvalue weighted by Crippen LogP contribution is -2.43. The Morgan fingerprint density at radius 3 is 2.89 bits per heavy atom. The molecule has 18 heavy (non-hydrogen) atoms. The van der Waals surface area contributed by atoms with E-state index in [-0.39, 0.29) is 17.1 Å². The van der Waals surface area contributed by atoms with Gasteiger partial charge < -0.3 is 9.47 Å². The topological polar surface area (TPSA) is 18.5 Å². The maximum atomic E-state index is 5.68. The average Bonchev–Trinajstić information content (AvgIpc) is 2.81. The van der Waals surface area contributed by atoms with E-state index in [9.17, 15) is 0 Å².